The molecule has 28 heavy (non-hydrogen) atoms. The number of urea groups is 1. The average molecular weight is 392 g/mol. The quantitative estimate of drug-likeness (QED) is 0.624. The molecule has 1 aliphatic rings. The van der Waals surface area contributed by atoms with E-state index in [4.69, 9.17) is 0 Å². The molecule has 10 heteroatoms. The number of nitrogens with zero attached hydrogens (tertiary/aromatic N) is 3. The fourth-order valence-electron chi connectivity index (χ4n) is 3.57. The molecule has 0 saturated heterocycles. The summed E-state index contributed by atoms with van der Waals surface area (Å²) in [5, 5.41) is 13.9. The highest BCUT2D eigenvalue weighted by Gasteiger charge is 2.36. The van der Waals surface area contributed by atoms with E-state index < -0.39 is 17.9 Å². The van der Waals surface area contributed by atoms with Gasteiger partial charge in [0.25, 0.3) is 0 Å². The SMILES string of the molecule is O=C(NCCc1c(C(F)(F)F)[nH]c2ccccc12)NCc1nnc2n1CCC2. The number of fused-ring (bicyclic) bond motifs is 2. The van der Waals surface area contributed by atoms with Gasteiger partial charge in [-0.05, 0) is 24.5 Å². The zero-order chi connectivity index (χ0) is 19.7. The monoisotopic (exact) mass is 392 g/mol. The van der Waals surface area contributed by atoms with Crippen molar-refractivity contribution in [1.82, 2.24) is 30.4 Å². The van der Waals surface area contributed by atoms with Gasteiger partial charge >= 0.3 is 12.2 Å². The number of alkyl halides is 3. The van der Waals surface area contributed by atoms with Gasteiger partial charge in [-0.15, -0.1) is 10.2 Å². The maximum atomic E-state index is 13.3. The summed E-state index contributed by atoms with van der Waals surface area (Å²) < 4.78 is 41.9. The molecule has 0 fully saturated rings. The first-order valence-corrected chi connectivity index (χ1v) is 9.03. The molecular formula is C18H19F3N6O. The van der Waals surface area contributed by atoms with Gasteiger partial charge in [-0.1, -0.05) is 18.2 Å². The molecule has 3 N–H and O–H groups in total. The van der Waals surface area contributed by atoms with Crippen molar-refractivity contribution in [2.24, 2.45) is 0 Å². The summed E-state index contributed by atoms with van der Waals surface area (Å²) >= 11 is 0. The molecule has 1 aromatic carbocycles. The Morgan fingerprint density at radius 3 is 2.86 bits per heavy atom. The molecule has 3 heterocycles. The normalized spacial score (nSPS) is 13.7. The van der Waals surface area contributed by atoms with Crippen LogP contribution in [0, 0.1) is 0 Å². The Morgan fingerprint density at radius 1 is 1.21 bits per heavy atom. The van der Waals surface area contributed by atoms with Crippen molar-refractivity contribution in [3.8, 4) is 0 Å². The van der Waals surface area contributed by atoms with Crippen molar-refractivity contribution in [3.63, 3.8) is 0 Å². The molecule has 4 rings (SSSR count). The van der Waals surface area contributed by atoms with E-state index in [0.29, 0.717) is 16.7 Å². The van der Waals surface area contributed by atoms with Gasteiger partial charge in [0.15, 0.2) is 5.82 Å². The molecule has 2 aromatic heterocycles. The lowest BCUT2D eigenvalue weighted by Gasteiger charge is -2.10. The van der Waals surface area contributed by atoms with E-state index >= 15 is 0 Å². The van der Waals surface area contributed by atoms with Crippen LogP contribution in [0.25, 0.3) is 10.9 Å². The van der Waals surface area contributed by atoms with Crippen LogP contribution in [0.5, 0.6) is 0 Å². The molecular weight excluding hydrogens is 373 g/mol. The van der Waals surface area contributed by atoms with Crippen LogP contribution in [0.1, 0.15) is 29.3 Å². The number of carbonyl (C=O) groups excluding carboxylic acids is 1. The topological polar surface area (TPSA) is 87.6 Å². The highest BCUT2D eigenvalue weighted by atomic mass is 19.4. The fourth-order valence-corrected chi connectivity index (χ4v) is 3.57. The standard InChI is InChI=1S/C18H19F3N6O/c19-18(20,21)16-12(11-4-1-2-5-13(11)24-16)7-8-22-17(28)23-10-15-26-25-14-6-3-9-27(14)15/h1-2,4-5,24H,3,6-10H2,(H2,22,23,28). The van der Waals surface area contributed by atoms with E-state index in [1.807, 2.05) is 4.57 Å². The highest BCUT2D eigenvalue weighted by molar-refractivity contribution is 5.85. The van der Waals surface area contributed by atoms with E-state index in [2.05, 4.69) is 25.8 Å². The zero-order valence-corrected chi connectivity index (χ0v) is 14.9. The number of hydrogen-bond donors (Lipinski definition) is 3. The molecule has 148 valence electrons. The zero-order valence-electron chi connectivity index (χ0n) is 14.9. The number of rotatable bonds is 5. The van der Waals surface area contributed by atoms with Crippen molar-refractivity contribution in [2.45, 2.75) is 38.5 Å². The lowest BCUT2D eigenvalue weighted by atomic mass is 10.1. The number of carbonyl (C=O) groups is 1. The second-order valence-corrected chi connectivity index (χ2v) is 6.67. The molecule has 0 radical (unpaired) electrons. The second kappa shape index (κ2) is 7.17. The lowest BCUT2D eigenvalue weighted by Crippen LogP contribution is -2.36. The molecule has 1 aliphatic heterocycles. The summed E-state index contributed by atoms with van der Waals surface area (Å²) in [5.41, 5.74) is -0.191. The van der Waals surface area contributed by atoms with Crippen LogP contribution in [0.4, 0.5) is 18.0 Å². The van der Waals surface area contributed by atoms with E-state index in [1.54, 1.807) is 24.3 Å². The third kappa shape index (κ3) is 3.54. The number of nitrogens with one attached hydrogen (secondary N) is 3. The van der Waals surface area contributed by atoms with Crippen LogP contribution in [-0.4, -0.2) is 32.3 Å². The molecule has 0 bridgehead atoms. The Balaban J connectivity index is 1.36. The number of amides is 2. The van der Waals surface area contributed by atoms with Crippen molar-refractivity contribution in [3.05, 3.63) is 47.2 Å². The third-order valence-corrected chi connectivity index (χ3v) is 4.85. The fraction of sp³-hybridized carbons (Fsp3) is 0.389. The summed E-state index contributed by atoms with van der Waals surface area (Å²) in [6, 6.07) is 6.16. The van der Waals surface area contributed by atoms with Gasteiger partial charge in [-0.2, -0.15) is 13.2 Å². The largest absolute Gasteiger partial charge is 0.431 e. The Labute approximate surface area is 158 Å². The summed E-state index contributed by atoms with van der Waals surface area (Å²) in [5.74, 6) is 1.59. The molecule has 7 nitrogen and oxygen atoms in total. The Kier molecular flexibility index (Phi) is 4.70. The Bertz CT molecular complexity index is 1010. The first kappa shape index (κ1) is 18.3. The summed E-state index contributed by atoms with van der Waals surface area (Å²) in [6.45, 7) is 1.14. The van der Waals surface area contributed by atoms with Crippen molar-refractivity contribution >= 4 is 16.9 Å². The number of para-hydroxylation sites is 1. The van der Waals surface area contributed by atoms with Crippen LogP contribution < -0.4 is 10.6 Å². The van der Waals surface area contributed by atoms with Crippen LogP contribution in [0.3, 0.4) is 0 Å². The lowest BCUT2D eigenvalue weighted by molar-refractivity contribution is -0.141. The molecule has 0 saturated carbocycles. The molecule has 0 atom stereocenters. The van der Waals surface area contributed by atoms with E-state index in [-0.39, 0.29) is 25.1 Å². The minimum absolute atomic E-state index is 0.0621. The minimum atomic E-state index is -4.48. The van der Waals surface area contributed by atoms with Gasteiger partial charge < -0.3 is 20.2 Å². The first-order chi connectivity index (χ1) is 13.4. The molecule has 2 amide bonds. The number of aromatic nitrogens is 4. The maximum absolute atomic E-state index is 13.3. The van der Waals surface area contributed by atoms with E-state index in [9.17, 15) is 18.0 Å². The summed E-state index contributed by atoms with van der Waals surface area (Å²) in [6.07, 6.45) is -2.53. The van der Waals surface area contributed by atoms with Crippen LogP contribution in [-0.2, 0) is 32.1 Å². The molecule has 3 aromatic rings. The highest BCUT2D eigenvalue weighted by Crippen LogP contribution is 2.35. The number of hydrogen-bond acceptors (Lipinski definition) is 3. The van der Waals surface area contributed by atoms with Gasteiger partial charge in [-0.3, -0.25) is 0 Å². The molecule has 0 aliphatic carbocycles. The molecule has 0 unspecified atom stereocenters. The van der Waals surface area contributed by atoms with Crippen molar-refractivity contribution in [2.75, 3.05) is 6.54 Å². The minimum Gasteiger partial charge on any atom is -0.351 e. The number of H-pyrrole nitrogens is 1. The van der Waals surface area contributed by atoms with E-state index in [0.717, 1.165) is 25.2 Å². The van der Waals surface area contributed by atoms with Gasteiger partial charge in [-0.25, -0.2) is 4.79 Å². The first-order valence-electron chi connectivity index (χ1n) is 9.03. The number of aromatic amines is 1. The Morgan fingerprint density at radius 2 is 2.04 bits per heavy atom. The predicted octanol–water partition coefficient (Wildman–Crippen LogP) is 2.77. The van der Waals surface area contributed by atoms with Crippen LogP contribution in [0.2, 0.25) is 0 Å². The number of benzene rings is 1. The Hall–Kier alpha value is -3.04. The van der Waals surface area contributed by atoms with E-state index in [1.165, 1.54) is 0 Å². The van der Waals surface area contributed by atoms with Crippen LogP contribution >= 0.6 is 0 Å². The number of halogens is 3. The van der Waals surface area contributed by atoms with Gasteiger partial charge in [0, 0.05) is 30.4 Å². The molecule has 0 spiro atoms. The van der Waals surface area contributed by atoms with Crippen molar-refractivity contribution < 1.29 is 18.0 Å². The summed E-state index contributed by atoms with van der Waals surface area (Å²) in [4.78, 5) is 14.4. The third-order valence-electron chi connectivity index (χ3n) is 4.85. The maximum Gasteiger partial charge on any atom is 0.431 e. The van der Waals surface area contributed by atoms with Gasteiger partial charge in [0.05, 0.1) is 6.54 Å². The van der Waals surface area contributed by atoms with Crippen molar-refractivity contribution in [1.29, 1.82) is 0 Å². The number of aryl methyl sites for hydroxylation is 1. The van der Waals surface area contributed by atoms with Gasteiger partial charge in [0.2, 0.25) is 0 Å². The smallest absolute Gasteiger partial charge is 0.351 e. The van der Waals surface area contributed by atoms with Crippen LogP contribution in [0.15, 0.2) is 24.3 Å². The van der Waals surface area contributed by atoms with Gasteiger partial charge in [0.1, 0.15) is 11.5 Å². The summed E-state index contributed by atoms with van der Waals surface area (Å²) in [7, 11) is 0. The predicted molar refractivity (Wildman–Crippen MR) is 95.6 cm³/mol. The average Bonchev–Trinajstić information content (AvgIpc) is 3.34. The second-order valence-electron chi connectivity index (χ2n) is 6.67.